The van der Waals surface area contributed by atoms with Crippen LogP contribution in [0.3, 0.4) is 0 Å². The molecule has 0 aliphatic heterocycles. The molecule has 0 atom stereocenters. The first-order chi connectivity index (χ1) is 13.2. The normalized spacial score (nSPS) is 10.4. The van der Waals surface area contributed by atoms with Crippen LogP contribution in [-0.4, -0.2) is 18.4 Å². The lowest BCUT2D eigenvalue weighted by atomic mass is 9.88. The maximum absolute atomic E-state index is 12.5. The van der Waals surface area contributed by atoms with Crippen LogP contribution in [0.25, 0.3) is 0 Å². The predicted octanol–water partition coefficient (Wildman–Crippen LogP) is 3.96. The number of hydrogen-bond donors (Lipinski definition) is 2. The van der Waals surface area contributed by atoms with Crippen molar-refractivity contribution in [1.29, 1.82) is 0 Å². The van der Waals surface area contributed by atoms with Crippen LogP contribution in [0.15, 0.2) is 91.0 Å². The molecule has 0 saturated heterocycles. The average molecular weight is 358 g/mol. The van der Waals surface area contributed by atoms with Gasteiger partial charge in [0.15, 0.2) is 0 Å². The van der Waals surface area contributed by atoms with Gasteiger partial charge in [-0.2, -0.15) is 0 Å². The lowest BCUT2D eigenvalue weighted by molar-refractivity contribution is -0.124. The number of hydrogen-bond acceptors (Lipinski definition) is 2. The van der Waals surface area contributed by atoms with Gasteiger partial charge in [-0.25, -0.2) is 0 Å². The summed E-state index contributed by atoms with van der Waals surface area (Å²) in [6, 6.07) is 29.1. The van der Waals surface area contributed by atoms with E-state index in [-0.39, 0.29) is 30.7 Å². The van der Waals surface area contributed by atoms with Crippen LogP contribution in [0.2, 0.25) is 0 Å². The molecule has 3 aromatic carbocycles. The van der Waals surface area contributed by atoms with E-state index < -0.39 is 0 Å². The van der Waals surface area contributed by atoms with Crippen molar-refractivity contribution in [3.05, 3.63) is 102 Å². The van der Waals surface area contributed by atoms with Crippen molar-refractivity contribution < 1.29 is 9.59 Å². The predicted molar refractivity (Wildman–Crippen MR) is 107 cm³/mol. The van der Waals surface area contributed by atoms with E-state index in [9.17, 15) is 9.59 Å². The molecule has 3 aromatic rings. The number of para-hydroxylation sites is 1. The highest BCUT2D eigenvalue weighted by atomic mass is 16.2. The van der Waals surface area contributed by atoms with Gasteiger partial charge < -0.3 is 10.6 Å². The second kappa shape index (κ2) is 9.34. The minimum atomic E-state index is -0.245. The fourth-order valence-corrected chi connectivity index (χ4v) is 2.96. The molecule has 4 heteroatoms. The van der Waals surface area contributed by atoms with E-state index in [0.717, 1.165) is 11.1 Å². The Morgan fingerprint density at radius 2 is 1.15 bits per heavy atom. The molecule has 0 radical (unpaired) electrons. The Balaban J connectivity index is 1.60. The molecular weight excluding hydrogens is 336 g/mol. The lowest BCUT2D eigenvalue weighted by Gasteiger charge is -2.18. The van der Waals surface area contributed by atoms with Crippen LogP contribution in [0.5, 0.6) is 0 Å². The SMILES string of the molecule is O=C(CC(c1ccccc1)c1ccccc1)NCC(=O)Nc1ccccc1. The van der Waals surface area contributed by atoms with E-state index in [4.69, 9.17) is 0 Å². The van der Waals surface area contributed by atoms with Crippen LogP contribution in [-0.2, 0) is 9.59 Å². The van der Waals surface area contributed by atoms with Gasteiger partial charge in [0.25, 0.3) is 0 Å². The maximum Gasteiger partial charge on any atom is 0.243 e. The molecule has 0 aliphatic carbocycles. The monoisotopic (exact) mass is 358 g/mol. The van der Waals surface area contributed by atoms with Crippen molar-refractivity contribution in [2.24, 2.45) is 0 Å². The van der Waals surface area contributed by atoms with Gasteiger partial charge >= 0.3 is 0 Å². The van der Waals surface area contributed by atoms with Crippen molar-refractivity contribution in [3.8, 4) is 0 Å². The number of benzene rings is 3. The van der Waals surface area contributed by atoms with Crippen LogP contribution in [0, 0.1) is 0 Å². The van der Waals surface area contributed by atoms with Crippen LogP contribution >= 0.6 is 0 Å². The Bertz CT molecular complexity index is 825. The van der Waals surface area contributed by atoms with Crippen molar-refractivity contribution in [2.45, 2.75) is 12.3 Å². The van der Waals surface area contributed by atoms with Crippen LogP contribution in [0.4, 0.5) is 5.69 Å². The zero-order chi connectivity index (χ0) is 18.9. The number of anilines is 1. The highest BCUT2D eigenvalue weighted by molar-refractivity contribution is 5.94. The number of rotatable bonds is 7. The summed E-state index contributed by atoms with van der Waals surface area (Å²) in [5.74, 6) is -0.453. The molecule has 136 valence electrons. The summed E-state index contributed by atoms with van der Waals surface area (Å²) < 4.78 is 0. The van der Waals surface area contributed by atoms with Crippen molar-refractivity contribution in [3.63, 3.8) is 0 Å². The van der Waals surface area contributed by atoms with E-state index >= 15 is 0 Å². The fraction of sp³-hybridized carbons (Fsp3) is 0.130. The summed E-state index contributed by atoms with van der Waals surface area (Å²) in [6.45, 7) is -0.0516. The third kappa shape index (κ3) is 5.54. The summed E-state index contributed by atoms with van der Waals surface area (Å²) in [5, 5.41) is 5.48. The van der Waals surface area contributed by atoms with Gasteiger partial charge in [0.05, 0.1) is 6.54 Å². The van der Waals surface area contributed by atoms with E-state index in [1.807, 2.05) is 78.9 Å². The molecular formula is C23H22N2O2. The van der Waals surface area contributed by atoms with Gasteiger partial charge in [-0.15, -0.1) is 0 Å². The van der Waals surface area contributed by atoms with E-state index in [1.165, 1.54) is 0 Å². The minimum absolute atomic E-state index is 0.0513. The summed E-state index contributed by atoms with van der Waals surface area (Å²) in [5.41, 5.74) is 2.86. The molecule has 4 nitrogen and oxygen atoms in total. The summed E-state index contributed by atoms with van der Waals surface area (Å²) >= 11 is 0. The van der Waals surface area contributed by atoms with E-state index in [1.54, 1.807) is 12.1 Å². The van der Waals surface area contributed by atoms with Gasteiger partial charge in [-0.1, -0.05) is 78.9 Å². The molecule has 0 heterocycles. The summed E-state index contributed by atoms with van der Waals surface area (Å²) in [7, 11) is 0. The van der Waals surface area contributed by atoms with E-state index in [2.05, 4.69) is 10.6 Å². The fourth-order valence-electron chi connectivity index (χ4n) is 2.96. The molecule has 0 unspecified atom stereocenters. The third-order valence-electron chi connectivity index (χ3n) is 4.30. The van der Waals surface area contributed by atoms with Crippen molar-refractivity contribution >= 4 is 17.5 Å². The van der Waals surface area contributed by atoms with Gasteiger partial charge in [-0.3, -0.25) is 9.59 Å². The molecule has 0 saturated carbocycles. The number of carbonyl (C=O) groups excluding carboxylic acids is 2. The van der Waals surface area contributed by atoms with E-state index in [0.29, 0.717) is 5.69 Å². The Kier molecular flexibility index (Phi) is 6.36. The number of carbonyl (C=O) groups is 2. The Hall–Kier alpha value is -3.40. The first-order valence-electron chi connectivity index (χ1n) is 8.94. The first kappa shape index (κ1) is 18.4. The molecule has 0 bridgehead atoms. The van der Waals surface area contributed by atoms with Crippen molar-refractivity contribution in [1.82, 2.24) is 5.32 Å². The quantitative estimate of drug-likeness (QED) is 0.671. The lowest BCUT2D eigenvalue weighted by Crippen LogP contribution is -2.33. The molecule has 3 rings (SSSR count). The largest absolute Gasteiger partial charge is 0.347 e. The van der Waals surface area contributed by atoms with Crippen LogP contribution in [0.1, 0.15) is 23.5 Å². The first-order valence-corrected chi connectivity index (χ1v) is 8.94. The zero-order valence-electron chi connectivity index (χ0n) is 15.0. The zero-order valence-corrected chi connectivity index (χ0v) is 15.0. The highest BCUT2D eigenvalue weighted by Crippen LogP contribution is 2.27. The Morgan fingerprint density at radius 1 is 0.667 bits per heavy atom. The molecule has 2 amide bonds. The van der Waals surface area contributed by atoms with Gasteiger partial charge in [0.2, 0.25) is 11.8 Å². The van der Waals surface area contributed by atoms with Gasteiger partial charge in [0.1, 0.15) is 0 Å². The Morgan fingerprint density at radius 3 is 1.67 bits per heavy atom. The molecule has 27 heavy (non-hydrogen) atoms. The molecule has 2 N–H and O–H groups in total. The topological polar surface area (TPSA) is 58.2 Å². The molecule has 0 aliphatic rings. The minimum Gasteiger partial charge on any atom is -0.347 e. The number of nitrogens with one attached hydrogen (secondary N) is 2. The van der Waals surface area contributed by atoms with Crippen molar-refractivity contribution in [2.75, 3.05) is 11.9 Å². The summed E-state index contributed by atoms with van der Waals surface area (Å²) in [4.78, 5) is 24.5. The number of amides is 2. The maximum atomic E-state index is 12.5. The highest BCUT2D eigenvalue weighted by Gasteiger charge is 2.18. The standard InChI is InChI=1S/C23H22N2O2/c26-22(24-17-23(27)25-20-14-8-3-9-15-20)16-21(18-10-4-1-5-11-18)19-12-6-2-7-13-19/h1-15,21H,16-17H2,(H,24,26)(H,25,27). The van der Waals surface area contributed by atoms with Crippen LogP contribution < -0.4 is 10.6 Å². The molecule has 0 fully saturated rings. The average Bonchev–Trinajstić information content (AvgIpc) is 2.72. The second-order valence-corrected chi connectivity index (χ2v) is 6.27. The van der Waals surface area contributed by atoms with Gasteiger partial charge in [0, 0.05) is 18.0 Å². The second-order valence-electron chi connectivity index (χ2n) is 6.27. The molecule has 0 aromatic heterocycles. The van der Waals surface area contributed by atoms with Gasteiger partial charge in [-0.05, 0) is 23.3 Å². The molecule has 0 spiro atoms. The Labute approximate surface area is 159 Å². The third-order valence-corrected chi connectivity index (χ3v) is 4.30. The summed E-state index contributed by atoms with van der Waals surface area (Å²) in [6.07, 6.45) is 0.284. The smallest absolute Gasteiger partial charge is 0.243 e.